The minimum atomic E-state index is -0.173. The second-order valence-corrected chi connectivity index (χ2v) is 7.29. The number of hydrogen-bond donors (Lipinski definition) is 3. The minimum absolute atomic E-state index is 0.0248. The van der Waals surface area contributed by atoms with Crippen molar-refractivity contribution in [3.63, 3.8) is 0 Å². The van der Waals surface area contributed by atoms with Crippen LogP contribution in [0, 0.1) is 5.92 Å². The number of aliphatic hydroxyl groups is 1. The molecule has 29 heavy (non-hydrogen) atoms. The zero-order valence-corrected chi connectivity index (χ0v) is 17.3. The van der Waals surface area contributed by atoms with Gasteiger partial charge in [-0.1, -0.05) is 25.4 Å². The summed E-state index contributed by atoms with van der Waals surface area (Å²) in [6.45, 7) is 4.02. The summed E-state index contributed by atoms with van der Waals surface area (Å²) in [6, 6.07) is 10.7. The highest BCUT2D eigenvalue weighted by atomic mass is 35.5. The number of aliphatic hydroxyl groups excluding tert-OH is 1. The molecule has 152 valence electrons. The molecule has 0 radical (unpaired) electrons. The van der Waals surface area contributed by atoms with Gasteiger partial charge in [0.2, 0.25) is 5.95 Å². The summed E-state index contributed by atoms with van der Waals surface area (Å²) in [5, 5.41) is 16.7. The Morgan fingerprint density at radius 3 is 2.66 bits per heavy atom. The van der Waals surface area contributed by atoms with Gasteiger partial charge in [-0.3, -0.25) is 4.98 Å². The molecule has 3 rings (SSSR count). The van der Waals surface area contributed by atoms with Crippen LogP contribution in [0.3, 0.4) is 0 Å². The molecule has 3 N–H and O–H groups in total. The highest BCUT2D eigenvalue weighted by molar-refractivity contribution is 6.31. The van der Waals surface area contributed by atoms with E-state index in [0.29, 0.717) is 33.9 Å². The molecule has 2 aromatic heterocycles. The van der Waals surface area contributed by atoms with Gasteiger partial charge in [0.25, 0.3) is 0 Å². The average molecular weight is 414 g/mol. The Hall–Kier alpha value is -2.90. The number of benzene rings is 1. The van der Waals surface area contributed by atoms with E-state index in [-0.39, 0.29) is 18.6 Å². The monoisotopic (exact) mass is 413 g/mol. The van der Waals surface area contributed by atoms with E-state index in [4.69, 9.17) is 16.3 Å². The zero-order chi connectivity index (χ0) is 20.8. The molecule has 0 saturated carbocycles. The molecule has 2 heterocycles. The number of pyridine rings is 1. The fraction of sp³-hybridized carbons (Fsp3) is 0.286. The molecule has 0 saturated heterocycles. The normalized spacial score (nSPS) is 11.9. The second-order valence-electron chi connectivity index (χ2n) is 6.85. The average Bonchev–Trinajstić information content (AvgIpc) is 2.72. The van der Waals surface area contributed by atoms with E-state index in [1.807, 2.05) is 32.0 Å². The molecule has 7 nitrogen and oxygen atoms in total. The minimum Gasteiger partial charge on any atom is -0.495 e. The number of halogens is 1. The molecule has 0 aliphatic rings. The van der Waals surface area contributed by atoms with Crippen molar-refractivity contribution in [3.05, 3.63) is 53.8 Å². The summed E-state index contributed by atoms with van der Waals surface area (Å²) in [5.74, 6) is 1.81. The molecule has 1 aromatic carbocycles. The summed E-state index contributed by atoms with van der Waals surface area (Å²) in [4.78, 5) is 13.3. The van der Waals surface area contributed by atoms with Gasteiger partial charge in [0.05, 0.1) is 31.1 Å². The van der Waals surface area contributed by atoms with Crippen LogP contribution in [0.1, 0.15) is 13.8 Å². The standard InChI is InChI=1S/C21H24ClN5O2/c1-13(2)18(12-28)26-21-25-16(14-5-4-8-23-11-14)10-20(27-21)24-17-9-15(22)6-7-19(17)29-3/h4-11,13,18,28H,12H2,1-3H3,(H2,24,25,26,27)/t18-/m0/s1. The third kappa shape index (κ3) is 5.34. The van der Waals surface area contributed by atoms with E-state index < -0.39 is 0 Å². The highest BCUT2D eigenvalue weighted by Crippen LogP contribution is 2.31. The number of nitrogens with one attached hydrogen (secondary N) is 2. The molecule has 0 spiro atoms. The van der Waals surface area contributed by atoms with Crippen LogP contribution in [-0.4, -0.2) is 39.8 Å². The van der Waals surface area contributed by atoms with Gasteiger partial charge in [-0.2, -0.15) is 4.98 Å². The van der Waals surface area contributed by atoms with Gasteiger partial charge in [-0.15, -0.1) is 0 Å². The van der Waals surface area contributed by atoms with Gasteiger partial charge in [-0.05, 0) is 36.2 Å². The van der Waals surface area contributed by atoms with Crippen LogP contribution in [0.5, 0.6) is 5.75 Å². The van der Waals surface area contributed by atoms with Gasteiger partial charge in [0.15, 0.2) is 0 Å². The second kappa shape index (κ2) is 9.54. The van der Waals surface area contributed by atoms with Crippen LogP contribution in [0.4, 0.5) is 17.5 Å². The summed E-state index contributed by atoms with van der Waals surface area (Å²) in [7, 11) is 1.59. The molecule has 0 bridgehead atoms. The first-order valence-corrected chi connectivity index (χ1v) is 9.65. The lowest BCUT2D eigenvalue weighted by atomic mass is 10.1. The Morgan fingerprint density at radius 1 is 1.17 bits per heavy atom. The van der Waals surface area contributed by atoms with Crippen molar-refractivity contribution < 1.29 is 9.84 Å². The zero-order valence-electron chi connectivity index (χ0n) is 16.6. The van der Waals surface area contributed by atoms with Crippen LogP contribution in [-0.2, 0) is 0 Å². The molecule has 3 aromatic rings. The Labute approximate surface area is 175 Å². The molecule has 0 fully saturated rings. The van der Waals surface area contributed by atoms with Crippen molar-refractivity contribution in [2.45, 2.75) is 19.9 Å². The Kier molecular flexibility index (Phi) is 6.85. The van der Waals surface area contributed by atoms with Crippen LogP contribution < -0.4 is 15.4 Å². The third-order valence-electron chi connectivity index (χ3n) is 4.42. The fourth-order valence-corrected chi connectivity index (χ4v) is 2.91. The SMILES string of the molecule is COc1ccc(Cl)cc1Nc1cc(-c2cccnc2)nc(N[C@@H](CO)C(C)C)n1. The topological polar surface area (TPSA) is 92.2 Å². The highest BCUT2D eigenvalue weighted by Gasteiger charge is 2.16. The first-order chi connectivity index (χ1) is 14.0. The Bertz CT molecular complexity index is 953. The van der Waals surface area contributed by atoms with Crippen molar-refractivity contribution in [2.75, 3.05) is 24.4 Å². The first kappa shape index (κ1) is 20.8. The number of hydrogen-bond acceptors (Lipinski definition) is 7. The molecular formula is C21H24ClN5O2. The van der Waals surface area contributed by atoms with E-state index >= 15 is 0 Å². The van der Waals surface area contributed by atoms with Crippen molar-refractivity contribution in [1.82, 2.24) is 15.0 Å². The largest absolute Gasteiger partial charge is 0.495 e. The summed E-state index contributed by atoms with van der Waals surface area (Å²) < 4.78 is 5.41. The molecule has 0 aliphatic heterocycles. The van der Waals surface area contributed by atoms with E-state index in [2.05, 4.69) is 25.6 Å². The molecule has 8 heteroatoms. The Morgan fingerprint density at radius 2 is 2.00 bits per heavy atom. The molecule has 0 unspecified atom stereocenters. The summed E-state index contributed by atoms with van der Waals surface area (Å²) in [5.41, 5.74) is 2.23. The van der Waals surface area contributed by atoms with Gasteiger partial charge >= 0.3 is 0 Å². The lowest BCUT2D eigenvalue weighted by Gasteiger charge is -2.21. The van der Waals surface area contributed by atoms with Crippen molar-refractivity contribution in [1.29, 1.82) is 0 Å². The van der Waals surface area contributed by atoms with E-state index in [1.165, 1.54) is 0 Å². The maximum atomic E-state index is 9.67. The lowest BCUT2D eigenvalue weighted by molar-refractivity contribution is 0.248. The number of methoxy groups -OCH3 is 1. The van der Waals surface area contributed by atoms with E-state index in [1.54, 1.807) is 37.7 Å². The summed E-state index contributed by atoms with van der Waals surface area (Å²) in [6.07, 6.45) is 3.45. The maximum absolute atomic E-state index is 9.67. The van der Waals surface area contributed by atoms with Gasteiger partial charge in [0.1, 0.15) is 11.6 Å². The predicted octanol–water partition coefficient (Wildman–Crippen LogP) is 4.37. The van der Waals surface area contributed by atoms with Crippen molar-refractivity contribution in [3.8, 4) is 17.0 Å². The number of rotatable bonds is 8. The van der Waals surface area contributed by atoms with Gasteiger partial charge < -0.3 is 20.5 Å². The van der Waals surface area contributed by atoms with Crippen molar-refractivity contribution >= 4 is 29.1 Å². The van der Waals surface area contributed by atoms with Crippen LogP contribution in [0.15, 0.2) is 48.8 Å². The molecule has 0 aliphatic carbocycles. The van der Waals surface area contributed by atoms with E-state index in [9.17, 15) is 5.11 Å². The summed E-state index contributed by atoms with van der Waals surface area (Å²) >= 11 is 6.14. The fourth-order valence-electron chi connectivity index (χ4n) is 2.74. The molecule has 1 atom stereocenters. The van der Waals surface area contributed by atoms with Crippen molar-refractivity contribution in [2.24, 2.45) is 5.92 Å². The van der Waals surface area contributed by atoms with Gasteiger partial charge in [-0.25, -0.2) is 4.98 Å². The van der Waals surface area contributed by atoms with Crippen LogP contribution >= 0.6 is 11.6 Å². The number of aromatic nitrogens is 3. The number of nitrogens with zero attached hydrogens (tertiary/aromatic N) is 3. The van der Waals surface area contributed by atoms with Gasteiger partial charge in [0, 0.05) is 29.0 Å². The Balaban J connectivity index is 2.01. The van der Waals surface area contributed by atoms with Crippen LogP contribution in [0.2, 0.25) is 5.02 Å². The first-order valence-electron chi connectivity index (χ1n) is 9.27. The number of ether oxygens (including phenoxy) is 1. The maximum Gasteiger partial charge on any atom is 0.225 e. The predicted molar refractivity (Wildman–Crippen MR) is 116 cm³/mol. The lowest BCUT2D eigenvalue weighted by Crippen LogP contribution is -2.30. The quantitative estimate of drug-likeness (QED) is 0.504. The molecule has 0 amide bonds. The third-order valence-corrected chi connectivity index (χ3v) is 4.66. The smallest absolute Gasteiger partial charge is 0.225 e. The molecular weight excluding hydrogens is 390 g/mol. The number of anilines is 3. The van der Waals surface area contributed by atoms with Crippen LogP contribution in [0.25, 0.3) is 11.3 Å². The van der Waals surface area contributed by atoms with E-state index in [0.717, 1.165) is 5.56 Å².